The second-order valence-corrected chi connectivity index (χ2v) is 7.70. The maximum atomic E-state index is 12.7. The van der Waals surface area contributed by atoms with Crippen LogP contribution in [0.5, 0.6) is 5.75 Å². The summed E-state index contributed by atoms with van der Waals surface area (Å²) < 4.78 is 47.8. The molecule has 1 atom stereocenters. The predicted octanol–water partition coefficient (Wildman–Crippen LogP) is 5.69. The van der Waals surface area contributed by atoms with E-state index >= 15 is 0 Å². The van der Waals surface area contributed by atoms with Crippen LogP contribution in [0.4, 0.5) is 18.9 Å². The first kappa shape index (κ1) is 23.2. The van der Waals surface area contributed by atoms with Crippen LogP contribution in [0.25, 0.3) is 11.1 Å². The molecule has 1 saturated heterocycles. The summed E-state index contributed by atoms with van der Waals surface area (Å²) in [6.45, 7) is 2.97. The van der Waals surface area contributed by atoms with E-state index in [4.69, 9.17) is 16.3 Å². The molecular weight excluding hydrogens is 433 g/mol. The molecule has 1 aliphatic rings. The summed E-state index contributed by atoms with van der Waals surface area (Å²) in [5, 5.41) is 3.36. The third-order valence-electron chi connectivity index (χ3n) is 5.09. The maximum Gasteiger partial charge on any atom is 0.573 e. The third-order valence-corrected chi connectivity index (χ3v) is 5.40. The summed E-state index contributed by atoms with van der Waals surface area (Å²) in [6.07, 6.45) is -1.80. The van der Waals surface area contributed by atoms with E-state index in [2.05, 4.69) is 10.1 Å². The van der Waals surface area contributed by atoms with Crippen molar-refractivity contribution >= 4 is 23.2 Å². The number of hydrogen-bond acceptors (Lipinski definition) is 4. The number of carbonyl (C=O) groups excluding carboxylic acids is 1. The summed E-state index contributed by atoms with van der Waals surface area (Å²) in [5.41, 5.74) is 1.33. The Kier molecular flexibility index (Phi) is 7.67. The van der Waals surface area contributed by atoms with E-state index in [0.717, 1.165) is 25.8 Å². The molecule has 0 spiro atoms. The van der Waals surface area contributed by atoms with Crippen molar-refractivity contribution in [3.63, 3.8) is 0 Å². The number of anilines is 1. The molecule has 0 bridgehead atoms. The van der Waals surface area contributed by atoms with Gasteiger partial charge in [-0.2, -0.15) is 0 Å². The lowest BCUT2D eigenvalue weighted by molar-refractivity contribution is -0.274. The van der Waals surface area contributed by atoms with Gasteiger partial charge in [0.25, 0.3) is 0 Å². The van der Waals surface area contributed by atoms with Gasteiger partial charge in [0.05, 0.1) is 17.7 Å². The van der Waals surface area contributed by atoms with Gasteiger partial charge in [0.15, 0.2) is 0 Å². The molecule has 0 aromatic heterocycles. The van der Waals surface area contributed by atoms with E-state index in [-0.39, 0.29) is 35.0 Å². The summed E-state index contributed by atoms with van der Waals surface area (Å²) in [7, 11) is 0. The Morgan fingerprint density at radius 1 is 1.19 bits per heavy atom. The molecule has 2 aromatic rings. The van der Waals surface area contributed by atoms with Crippen LogP contribution < -0.4 is 10.1 Å². The molecule has 0 radical (unpaired) electrons. The fourth-order valence-corrected chi connectivity index (χ4v) is 3.95. The Balaban J connectivity index is 1.60. The molecule has 1 N–H and O–H groups in total. The number of likely N-dealkylation sites (tertiary alicyclic amines) is 1. The van der Waals surface area contributed by atoms with Gasteiger partial charge >= 0.3 is 6.36 Å². The van der Waals surface area contributed by atoms with Gasteiger partial charge in [0, 0.05) is 30.3 Å². The fraction of sp³-hybridized carbons (Fsp3) is 0.409. The van der Waals surface area contributed by atoms with Crippen LogP contribution >= 0.6 is 11.6 Å². The van der Waals surface area contributed by atoms with Crippen molar-refractivity contribution in [3.05, 3.63) is 47.5 Å². The van der Waals surface area contributed by atoms with E-state index in [0.29, 0.717) is 17.9 Å². The van der Waals surface area contributed by atoms with Crippen molar-refractivity contribution in [1.29, 1.82) is 0 Å². The molecular formula is C22H24ClF3N2O3. The van der Waals surface area contributed by atoms with Crippen LogP contribution in [0.15, 0.2) is 42.5 Å². The van der Waals surface area contributed by atoms with Crippen LogP contribution in [0.2, 0.25) is 5.02 Å². The van der Waals surface area contributed by atoms with Crippen LogP contribution in [-0.2, 0) is 9.53 Å². The van der Waals surface area contributed by atoms with Gasteiger partial charge in [-0.15, -0.1) is 13.2 Å². The standard InChI is InChI=1S/C22H24ClF3N2O3/c1-15(29)28-11-5-4-6-17(28)13-30-14-27-16-9-10-18(20(23)12-16)19-7-2-3-8-21(19)31-22(24,25)26/h2-3,7-10,12,17,27H,4-6,11,13-14H2,1H3/t17-/m1/s1. The number of halogens is 4. The second kappa shape index (κ2) is 10.2. The van der Waals surface area contributed by atoms with Gasteiger partial charge in [-0.25, -0.2) is 0 Å². The van der Waals surface area contributed by atoms with Gasteiger partial charge in [-0.05, 0) is 37.5 Å². The molecule has 168 valence electrons. The van der Waals surface area contributed by atoms with Crippen molar-refractivity contribution in [2.24, 2.45) is 0 Å². The Hall–Kier alpha value is -2.45. The quantitative estimate of drug-likeness (QED) is 0.429. The second-order valence-electron chi connectivity index (χ2n) is 7.29. The smallest absolute Gasteiger partial charge is 0.405 e. The normalized spacial score (nSPS) is 16.8. The topological polar surface area (TPSA) is 50.8 Å². The van der Waals surface area contributed by atoms with Gasteiger partial charge in [0.2, 0.25) is 5.91 Å². The minimum Gasteiger partial charge on any atom is -0.405 e. The van der Waals surface area contributed by atoms with E-state index in [1.54, 1.807) is 31.2 Å². The average Bonchev–Trinajstić information content (AvgIpc) is 2.71. The minimum absolute atomic E-state index is 0.0541. The lowest BCUT2D eigenvalue weighted by atomic mass is 10.0. The number of amides is 1. The Labute approximate surface area is 184 Å². The molecule has 3 rings (SSSR count). The zero-order chi connectivity index (χ0) is 22.4. The zero-order valence-corrected chi connectivity index (χ0v) is 17.8. The zero-order valence-electron chi connectivity index (χ0n) is 17.0. The Morgan fingerprint density at radius 3 is 2.68 bits per heavy atom. The number of nitrogens with one attached hydrogen (secondary N) is 1. The van der Waals surface area contributed by atoms with Crippen LogP contribution in [0, 0.1) is 0 Å². The molecule has 0 unspecified atom stereocenters. The summed E-state index contributed by atoms with van der Waals surface area (Å²) in [5.74, 6) is -0.262. The number of rotatable bonds is 7. The number of alkyl halides is 3. The number of carbonyl (C=O) groups is 1. The van der Waals surface area contributed by atoms with Crippen molar-refractivity contribution < 1.29 is 27.4 Å². The summed E-state index contributed by atoms with van der Waals surface area (Å²) in [6, 6.07) is 10.9. The van der Waals surface area contributed by atoms with Crippen LogP contribution in [0.1, 0.15) is 26.2 Å². The van der Waals surface area contributed by atoms with Crippen LogP contribution in [0.3, 0.4) is 0 Å². The SMILES string of the molecule is CC(=O)N1CCCC[C@@H]1COCNc1ccc(-c2ccccc2OC(F)(F)F)c(Cl)c1. The van der Waals surface area contributed by atoms with Gasteiger partial charge < -0.3 is 19.7 Å². The summed E-state index contributed by atoms with van der Waals surface area (Å²) in [4.78, 5) is 13.6. The molecule has 2 aromatic carbocycles. The number of ether oxygens (including phenoxy) is 2. The maximum absolute atomic E-state index is 12.7. The largest absolute Gasteiger partial charge is 0.573 e. The van der Waals surface area contributed by atoms with Crippen molar-refractivity contribution in [2.45, 2.75) is 38.6 Å². The average molecular weight is 457 g/mol. The Bertz CT molecular complexity index is 908. The molecule has 31 heavy (non-hydrogen) atoms. The molecule has 5 nitrogen and oxygen atoms in total. The van der Waals surface area contributed by atoms with E-state index < -0.39 is 6.36 Å². The molecule has 1 amide bonds. The van der Waals surface area contributed by atoms with Crippen LogP contribution in [-0.4, -0.2) is 43.1 Å². The number of nitrogens with zero attached hydrogens (tertiary/aromatic N) is 1. The number of hydrogen-bond donors (Lipinski definition) is 1. The summed E-state index contributed by atoms with van der Waals surface area (Å²) >= 11 is 6.33. The van der Waals surface area contributed by atoms with Crippen molar-refractivity contribution in [2.75, 3.05) is 25.2 Å². The highest BCUT2D eigenvalue weighted by Gasteiger charge is 2.32. The number of benzene rings is 2. The molecule has 1 heterocycles. The monoisotopic (exact) mass is 456 g/mol. The molecule has 0 saturated carbocycles. The first-order valence-corrected chi connectivity index (χ1v) is 10.4. The first-order valence-electron chi connectivity index (χ1n) is 9.98. The first-order chi connectivity index (χ1) is 14.7. The molecule has 1 aliphatic heterocycles. The van der Waals surface area contributed by atoms with Crippen molar-refractivity contribution in [1.82, 2.24) is 4.90 Å². The van der Waals surface area contributed by atoms with Crippen molar-refractivity contribution in [3.8, 4) is 16.9 Å². The highest BCUT2D eigenvalue weighted by molar-refractivity contribution is 6.33. The molecule has 0 aliphatic carbocycles. The lowest BCUT2D eigenvalue weighted by Crippen LogP contribution is -2.45. The predicted molar refractivity (Wildman–Crippen MR) is 113 cm³/mol. The van der Waals surface area contributed by atoms with Gasteiger partial charge in [0.1, 0.15) is 12.5 Å². The lowest BCUT2D eigenvalue weighted by Gasteiger charge is -2.34. The highest BCUT2D eigenvalue weighted by Crippen LogP contribution is 2.38. The molecule has 9 heteroatoms. The number of piperidine rings is 1. The van der Waals surface area contributed by atoms with E-state index in [1.165, 1.54) is 18.2 Å². The Morgan fingerprint density at radius 2 is 1.97 bits per heavy atom. The van der Waals surface area contributed by atoms with E-state index in [1.807, 2.05) is 4.90 Å². The highest BCUT2D eigenvalue weighted by atomic mass is 35.5. The number of para-hydroxylation sites is 1. The minimum atomic E-state index is -4.79. The fourth-order valence-electron chi connectivity index (χ4n) is 3.66. The third kappa shape index (κ3) is 6.51. The van der Waals surface area contributed by atoms with Gasteiger partial charge in [-0.3, -0.25) is 4.79 Å². The van der Waals surface area contributed by atoms with E-state index in [9.17, 15) is 18.0 Å². The molecule has 1 fully saturated rings. The van der Waals surface area contributed by atoms with Gasteiger partial charge in [-0.1, -0.05) is 35.9 Å².